The molecule has 4 heteroatoms. The number of halogens is 1. The summed E-state index contributed by atoms with van der Waals surface area (Å²) in [6.45, 7) is 1.26. The maximum absolute atomic E-state index is 5.42. The third-order valence-corrected chi connectivity index (χ3v) is 1.91. The topological polar surface area (TPSA) is 30.5 Å². The molecule has 0 saturated heterocycles. The van der Waals surface area contributed by atoms with Crippen molar-refractivity contribution in [1.82, 2.24) is 5.48 Å². The second-order valence-electron chi connectivity index (χ2n) is 2.40. The summed E-state index contributed by atoms with van der Waals surface area (Å²) < 4.78 is 6.43. The van der Waals surface area contributed by atoms with Gasteiger partial charge in [0.15, 0.2) is 0 Å². The zero-order valence-corrected chi connectivity index (χ0v) is 9.00. The van der Waals surface area contributed by atoms with Crippen LogP contribution in [0.1, 0.15) is 0 Å². The van der Waals surface area contributed by atoms with Crippen molar-refractivity contribution >= 4 is 15.9 Å². The number of hydroxylamine groups is 1. The summed E-state index contributed by atoms with van der Waals surface area (Å²) in [7, 11) is 1.58. The minimum atomic E-state index is 0.588. The Bertz CT molecular complexity index is 255. The number of ether oxygens (including phenoxy) is 1. The Balaban J connectivity index is 2.28. The molecular weight excluding hydrogens is 234 g/mol. The van der Waals surface area contributed by atoms with Crippen LogP contribution in [0.25, 0.3) is 0 Å². The van der Waals surface area contributed by atoms with Crippen LogP contribution in [0.3, 0.4) is 0 Å². The molecule has 0 bridgehead atoms. The predicted molar refractivity (Wildman–Crippen MR) is 54.6 cm³/mol. The maximum Gasteiger partial charge on any atom is 0.120 e. The highest BCUT2D eigenvalue weighted by atomic mass is 79.9. The van der Waals surface area contributed by atoms with Gasteiger partial charge in [-0.2, -0.15) is 5.48 Å². The van der Waals surface area contributed by atoms with E-state index in [9.17, 15) is 0 Å². The van der Waals surface area contributed by atoms with E-state index in [0.29, 0.717) is 13.2 Å². The molecule has 0 saturated carbocycles. The van der Waals surface area contributed by atoms with Crippen molar-refractivity contribution in [3.05, 3.63) is 28.7 Å². The van der Waals surface area contributed by atoms with Gasteiger partial charge < -0.3 is 9.57 Å². The van der Waals surface area contributed by atoms with E-state index in [1.54, 1.807) is 7.11 Å². The lowest BCUT2D eigenvalue weighted by molar-refractivity contribution is 0.0808. The first-order chi connectivity index (χ1) is 6.33. The fourth-order valence-corrected chi connectivity index (χ4v) is 1.25. The van der Waals surface area contributed by atoms with Gasteiger partial charge in [-0.05, 0) is 18.2 Å². The molecular formula is C9H12BrNO2. The normalized spacial score (nSPS) is 10.0. The fourth-order valence-electron chi connectivity index (χ4n) is 0.869. The van der Waals surface area contributed by atoms with Crippen LogP contribution >= 0.6 is 15.9 Å². The van der Waals surface area contributed by atoms with E-state index in [-0.39, 0.29) is 0 Å². The molecule has 0 atom stereocenters. The number of benzene rings is 1. The first-order valence-electron chi connectivity index (χ1n) is 3.97. The zero-order chi connectivity index (χ0) is 9.52. The quantitative estimate of drug-likeness (QED) is 0.636. The smallest absolute Gasteiger partial charge is 0.120 e. The zero-order valence-electron chi connectivity index (χ0n) is 7.42. The van der Waals surface area contributed by atoms with Crippen molar-refractivity contribution in [2.75, 3.05) is 20.3 Å². The lowest BCUT2D eigenvalue weighted by Crippen LogP contribution is -2.19. The van der Waals surface area contributed by atoms with Crippen LogP contribution in [-0.4, -0.2) is 20.3 Å². The average molecular weight is 246 g/mol. The van der Waals surface area contributed by atoms with Gasteiger partial charge >= 0.3 is 0 Å². The SMILES string of the molecule is CONCCOc1cccc(Br)c1. The van der Waals surface area contributed by atoms with E-state index in [1.807, 2.05) is 24.3 Å². The molecule has 0 fully saturated rings. The number of nitrogens with one attached hydrogen (secondary N) is 1. The standard InChI is InChI=1S/C9H12BrNO2/c1-12-11-5-6-13-9-4-2-3-8(10)7-9/h2-4,7,11H,5-6H2,1H3. The summed E-state index contributed by atoms with van der Waals surface area (Å²) >= 11 is 3.36. The monoisotopic (exact) mass is 245 g/mol. The number of rotatable bonds is 5. The van der Waals surface area contributed by atoms with Gasteiger partial charge in [0.25, 0.3) is 0 Å². The minimum Gasteiger partial charge on any atom is -0.492 e. The van der Waals surface area contributed by atoms with Crippen molar-refractivity contribution in [2.24, 2.45) is 0 Å². The van der Waals surface area contributed by atoms with Gasteiger partial charge in [0.1, 0.15) is 12.4 Å². The summed E-state index contributed by atoms with van der Waals surface area (Å²) in [6.07, 6.45) is 0. The second-order valence-corrected chi connectivity index (χ2v) is 3.32. The van der Waals surface area contributed by atoms with Crippen LogP contribution < -0.4 is 10.2 Å². The third kappa shape index (κ3) is 4.26. The first kappa shape index (κ1) is 10.5. The molecule has 1 aromatic carbocycles. The van der Waals surface area contributed by atoms with Gasteiger partial charge in [-0.3, -0.25) is 0 Å². The molecule has 0 amide bonds. The van der Waals surface area contributed by atoms with Crippen LogP contribution in [0.4, 0.5) is 0 Å². The number of hydrogen-bond acceptors (Lipinski definition) is 3. The molecule has 0 aliphatic heterocycles. The molecule has 0 heterocycles. The second kappa shape index (κ2) is 5.96. The predicted octanol–water partition coefficient (Wildman–Crippen LogP) is 1.98. The van der Waals surface area contributed by atoms with Crippen LogP contribution in [-0.2, 0) is 4.84 Å². The molecule has 0 aliphatic rings. The molecule has 0 unspecified atom stereocenters. The van der Waals surface area contributed by atoms with Crippen LogP contribution in [0.15, 0.2) is 28.7 Å². The molecule has 1 rings (SSSR count). The van der Waals surface area contributed by atoms with Crippen LogP contribution in [0.5, 0.6) is 5.75 Å². The van der Waals surface area contributed by atoms with Crippen LogP contribution in [0.2, 0.25) is 0 Å². The molecule has 13 heavy (non-hydrogen) atoms. The summed E-state index contributed by atoms with van der Waals surface area (Å²) in [5.41, 5.74) is 2.70. The van der Waals surface area contributed by atoms with Crippen molar-refractivity contribution in [2.45, 2.75) is 0 Å². The van der Waals surface area contributed by atoms with Crippen LogP contribution in [0, 0.1) is 0 Å². The lowest BCUT2D eigenvalue weighted by Gasteiger charge is -2.06. The van der Waals surface area contributed by atoms with E-state index in [0.717, 1.165) is 10.2 Å². The van der Waals surface area contributed by atoms with Gasteiger partial charge in [0.2, 0.25) is 0 Å². The third-order valence-electron chi connectivity index (χ3n) is 1.41. The van der Waals surface area contributed by atoms with E-state index in [2.05, 4.69) is 26.2 Å². The molecule has 3 nitrogen and oxygen atoms in total. The molecule has 0 aliphatic carbocycles. The fraction of sp³-hybridized carbons (Fsp3) is 0.333. The van der Waals surface area contributed by atoms with Gasteiger partial charge in [0.05, 0.1) is 13.7 Å². The molecule has 1 N–H and O–H groups in total. The Kier molecular flexibility index (Phi) is 4.82. The molecule has 0 radical (unpaired) electrons. The van der Waals surface area contributed by atoms with Crippen molar-refractivity contribution in [1.29, 1.82) is 0 Å². The summed E-state index contributed by atoms with van der Waals surface area (Å²) in [4.78, 5) is 4.66. The maximum atomic E-state index is 5.42. The average Bonchev–Trinajstić information content (AvgIpc) is 2.13. The Morgan fingerprint density at radius 3 is 3.00 bits per heavy atom. The molecule has 0 spiro atoms. The van der Waals surface area contributed by atoms with E-state index < -0.39 is 0 Å². The van der Waals surface area contributed by atoms with Gasteiger partial charge in [0, 0.05) is 4.47 Å². The summed E-state index contributed by atoms with van der Waals surface area (Å²) in [5.74, 6) is 0.854. The summed E-state index contributed by atoms with van der Waals surface area (Å²) in [5, 5.41) is 0. The highest BCUT2D eigenvalue weighted by Crippen LogP contribution is 2.17. The first-order valence-corrected chi connectivity index (χ1v) is 4.76. The van der Waals surface area contributed by atoms with Gasteiger partial charge in [-0.1, -0.05) is 22.0 Å². The largest absolute Gasteiger partial charge is 0.492 e. The lowest BCUT2D eigenvalue weighted by atomic mass is 10.3. The van der Waals surface area contributed by atoms with E-state index >= 15 is 0 Å². The Morgan fingerprint density at radius 2 is 2.31 bits per heavy atom. The van der Waals surface area contributed by atoms with Crippen molar-refractivity contribution in [3.63, 3.8) is 0 Å². The Labute approximate surface area is 86.1 Å². The number of hydrogen-bond donors (Lipinski definition) is 1. The molecule has 72 valence electrons. The highest BCUT2D eigenvalue weighted by Gasteiger charge is 1.93. The van der Waals surface area contributed by atoms with Gasteiger partial charge in [-0.25, -0.2) is 0 Å². The van der Waals surface area contributed by atoms with E-state index in [4.69, 9.17) is 4.74 Å². The molecule has 0 aromatic heterocycles. The van der Waals surface area contributed by atoms with Crippen molar-refractivity contribution in [3.8, 4) is 5.75 Å². The minimum absolute atomic E-state index is 0.588. The van der Waals surface area contributed by atoms with Crippen molar-refractivity contribution < 1.29 is 9.57 Å². The highest BCUT2D eigenvalue weighted by molar-refractivity contribution is 9.10. The Hall–Kier alpha value is -0.580. The summed E-state index contributed by atoms with van der Waals surface area (Å²) in [6, 6.07) is 7.73. The molecule has 1 aromatic rings. The van der Waals surface area contributed by atoms with E-state index in [1.165, 1.54) is 0 Å². The van der Waals surface area contributed by atoms with Gasteiger partial charge in [-0.15, -0.1) is 0 Å². The Morgan fingerprint density at radius 1 is 1.46 bits per heavy atom.